The molecule has 0 fully saturated rings. The van der Waals surface area contributed by atoms with Gasteiger partial charge in [0.05, 0.1) is 0 Å². The molecule has 26 heavy (non-hydrogen) atoms. The maximum absolute atomic E-state index is 12.3. The highest BCUT2D eigenvalue weighted by atomic mass is 16.5. The van der Waals surface area contributed by atoms with Crippen molar-refractivity contribution in [3.05, 3.63) is 65.7 Å². The molecule has 2 aromatic rings. The van der Waals surface area contributed by atoms with Crippen LogP contribution in [0, 0.1) is 5.92 Å². The van der Waals surface area contributed by atoms with E-state index in [4.69, 9.17) is 4.74 Å². The minimum Gasteiger partial charge on any atom is -0.489 e. The maximum atomic E-state index is 12.3. The summed E-state index contributed by atoms with van der Waals surface area (Å²) in [5.41, 5.74) is 2.08. The fourth-order valence-electron chi connectivity index (χ4n) is 2.50. The van der Waals surface area contributed by atoms with Crippen LogP contribution in [-0.2, 0) is 22.7 Å². The molecule has 0 saturated heterocycles. The Morgan fingerprint density at radius 2 is 1.62 bits per heavy atom. The third kappa shape index (κ3) is 6.24. The van der Waals surface area contributed by atoms with Crippen LogP contribution in [0.2, 0.25) is 0 Å². The van der Waals surface area contributed by atoms with E-state index in [9.17, 15) is 9.59 Å². The zero-order chi connectivity index (χ0) is 18.9. The molecule has 0 saturated carbocycles. The minimum atomic E-state index is -0.527. The molecule has 0 aliphatic carbocycles. The lowest BCUT2D eigenvalue weighted by atomic mass is 10.0. The number of hydrogen-bond donors (Lipinski definition) is 2. The summed E-state index contributed by atoms with van der Waals surface area (Å²) < 4.78 is 5.75. The average molecular weight is 354 g/mol. The van der Waals surface area contributed by atoms with Gasteiger partial charge in [0.2, 0.25) is 11.8 Å². The first kappa shape index (κ1) is 19.5. The molecular weight excluding hydrogens is 328 g/mol. The third-order valence-electron chi connectivity index (χ3n) is 3.95. The summed E-state index contributed by atoms with van der Waals surface area (Å²) in [5, 5.41) is 5.55. The highest BCUT2D eigenvalue weighted by Crippen LogP contribution is 2.14. The van der Waals surface area contributed by atoms with Crippen molar-refractivity contribution < 1.29 is 14.3 Å². The fraction of sp³-hybridized carbons (Fsp3) is 0.333. The van der Waals surface area contributed by atoms with Gasteiger partial charge in [-0.3, -0.25) is 9.59 Å². The molecule has 2 aromatic carbocycles. The van der Waals surface area contributed by atoms with E-state index in [-0.39, 0.29) is 17.7 Å². The quantitative estimate of drug-likeness (QED) is 0.766. The number of ether oxygens (including phenoxy) is 1. The Hall–Kier alpha value is -2.82. The highest BCUT2D eigenvalue weighted by molar-refractivity contribution is 5.87. The summed E-state index contributed by atoms with van der Waals surface area (Å²) in [6.07, 6.45) is 0. The molecule has 0 aliphatic rings. The smallest absolute Gasteiger partial charge is 0.243 e. The van der Waals surface area contributed by atoms with Crippen LogP contribution in [0.25, 0.3) is 0 Å². The number of amides is 2. The lowest BCUT2D eigenvalue weighted by molar-refractivity contribution is -0.129. The first-order valence-corrected chi connectivity index (χ1v) is 8.76. The second-order valence-corrected chi connectivity index (χ2v) is 6.56. The Balaban J connectivity index is 1.84. The van der Waals surface area contributed by atoms with Crippen LogP contribution < -0.4 is 15.4 Å². The normalized spacial score (nSPS) is 11.7. The number of hydrogen-bond acceptors (Lipinski definition) is 3. The zero-order valence-electron chi connectivity index (χ0n) is 15.5. The third-order valence-corrected chi connectivity index (χ3v) is 3.95. The van der Waals surface area contributed by atoms with E-state index in [0.717, 1.165) is 16.9 Å². The zero-order valence-corrected chi connectivity index (χ0v) is 15.5. The van der Waals surface area contributed by atoms with Gasteiger partial charge in [-0.25, -0.2) is 0 Å². The van der Waals surface area contributed by atoms with Gasteiger partial charge in [0, 0.05) is 13.5 Å². The molecule has 2 N–H and O–H groups in total. The van der Waals surface area contributed by atoms with Crippen molar-refractivity contribution in [3.8, 4) is 5.75 Å². The molecule has 5 nitrogen and oxygen atoms in total. The lowest BCUT2D eigenvalue weighted by Crippen LogP contribution is -2.48. The van der Waals surface area contributed by atoms with E-state index in [1.165, 1.54) is 6.92 Å². The summed E-state index contributed by atoms with van der Waals surface area (Å²) in [5.74, 6) is 0.410. The van der Waals surface area contributed by atoms with Gasteiger partial charge in [-0.05, 0) is 29.2 Å². The van der Waals surface area contributed by atoms with E-state index in [1.807, 2.05) is 68.4 Å². The molecule has 2 rings (SSSR count). The monoisotopic (exact) mass is 354 g/mol. The minimum absolute atomic E-state index is 0.0210. The van der Waals surface area contributed by atoms with Gasteiger partial charge < -0.3 is 15.4 Å². The van der Waals surface area contributed by atoms with Crippen molar-refractivity contribution in [2.75, 3.05) is 0 Å². The molecule has 0 aliphatic heterocycles. The molecule has 1 atom stereocenters. The number of rotatable bonds is 8. The Kier molecular flexibility index (Phi) is 7.21. The molecule has 1 unspecified atom stereocenters. The maximum Gasteiger partial charge on any atom is 0.243 e. The van der Waals surface area contributed by atoms with Crippen molar-refractivity contribution in [1.29, 1.82) is 0 Å². The first-order chi connectivity index (χ1) is 12.5. The van der Waals surface area contributed by atoms with Gasteiger partial charge in [-0.1, -0.05) is 56.3 Å². The van der Waals surface area contributed by atoms with Gasteiger partial charge in [0.1, 0.15) is 18.4 Å². The lowest BCUT2D eigenvalue weighted by Gasteiger charge is -2.21. The fourth-order valence-corrected chi connectivity index (χ4v) is 2.50. The van der Waals surface area contributed by atoms with Crippen molar-refractivity contribution in [3.63, 3.8) is 0 Å². The molecule has 0 aromatic heterocycles. The molecule has 0 bridgehead atoms. The Morgan fingerprint density at radius 3 is 2.19 bits per heavy atom. The summed E-state index contributed by atoms with van der Waals surface area (Å²) >= 11 is 0. The molecule has 2 amide bonds. The summed E-state index contributed by atoms with van der Waals surface area (Å²) in [4.78, 5) is 23.5. The van der Waals surface area contributed by atoms with Crippen LogP contribution in [0.5, 0.6) is 5.75 Å². The number of carbonyl (C=O) groups is 2. The summed E-state index contributed by atoms with van der Waals surface area (Å²) in [7, 11) is 0. The number of nitrogens with one attached hydrogen (secondary N) is 2. The van der Waals surface area contributed by atoms with Crippen molar-refractivity contribution in [1.82, 2.24) is 10.6 Å². The van der Waals surface area contributed by atoms with Gasteiger partial charge >= 0.3 is 0 Å². The van der Waals surface area contributed by atoms with Gasteiger partial charge in [-0.15, -0.1) is 0 Å². The highest BCUT2D eigenvalue weighted by Gasteiger charge is 2.22. The molecule has 0 heterocycles. The Labute approximate surface area is 154 Å². The van der Waals surface area contributed by atoms with Crippen molar-refractivity contribution >= 4 is 11.8 Å². The Morgan fingerprint density at radius 1 is 0.962 bits per heavy atom. The Bertz CT molecular complexity index is 712. The van der Waals surface area contributed by atoms with Crippen LogP contribution in [0.15, 0.2) is 54.6 Å². The predicted octanol–water partition coefficient (Wildman–Crippen LogP) is 3.04. The van der Waals surface area contributed by atoms with Crippen LogP contribution in [-0.4, -0.2) is 17.9 Å². The molecule has 0 spiro atoms. The van der Waals surface area contributed by atoms with E-state index >= 15 is 0 Å². The van der Waals surface area contributed by atoms with E-state index in [0.29, 0.717) is 13.2 Å². The topological polar surface area (TPSA) is 67.4 Å². The van der Waals surface area contributed by atoms with Gasteiger partial charge in [-0.2, -0.15) is 0 Å². The molecular formula is C21H26N2O3. The van der Waals surface area contributed by atoms with Crippen molar-refractivity contribution in [2.24, 2.45) is 5.92 Å². The molecule has 138 valence electrons. The van der Waals surface area contributed by atoms with E-state index in [1.54, 1.807) is 0 Å². The van der Waals surface area contributed by atoms with Crippen molar-refractivity contribution in [2.45, 2.75) is 40.0 Å². The summed E-state index contributed by atoms with van der Waals surface area (Å²) in [6, 6.07) is 17.1. The predicted molar refractivity (Wildman–Crippen MR) is 102 cm³/mol. The number of benzene rings is 2. The second kappa shape index (κ2) is 9.61. The number of carbonyl (C=O) groups excluding carboxylic acids is 2. The first-order valence-electron chi connectivity index (χ1n) is 8.76. The largest absolute Gasteiger partial charge is 0.489 e. The van der Waals surface area contributed by atoms with E-state index < -0.39 is 6.04 Å². The van der Waals surface area contributed by atoms with Gasteiger partial charge in [0.15, 0.2) is 0 Å². The van der Waals surface area contributed by atoms with Crippen LogP contribution in [0.3, 0.4) is 0 Å². The van der Waals surface area contributed by atoms with Crippen LogP contribution in [0.1, 0.15) is 31.9 Å². The average Bonchev–Trinajstić information content (AvgIpc) is 2.64. The van der Waals surface area contributed by atoms with Gasteiger partial charge in [0.25, 0.3) is 0 Å². The second-order valence-electron chi connectivity index (χ2n) is 6.56. The van der Waals surface area contributed by atoms with Crippen LogP contribution >= 0.6 is 0 Å². The molecule has 0 radical (unpaired) electrons. The molecule has 5 heteroatoms. The van der Waals surface area contributed by atoms with E-state index in [2.05, 4.69) is 10.6 Å². The standard InChI is InChI=1S/C21H26N2O3/c1-15(2)20(23-16(3)24)21(25)22-13-17-9-11-19(12-10-17)26-14-18-7-5-4-6-8-18/h4-12,15,20H,13-14H2,1-3H3,(H,22,25)(H,23,24). The van der Waals surface area contributed by atoms with Crippen LogP contribution in [0.4, 0.5) is 0 Å². The SMILES string of the molecule is CC(=O)NC(C(=O)NCc1ccc(OCc2ccccc2)cc1)C(C)C. The summed E-state index contributed by atoms with van der Waals surface area (Å²) in [6.45, 7) is 6.14.